The molecule has 2 aromatic heterocycles. The average Bonchev–Trinajstić information content (AvgIpc) is 2.87. The van der Waals surface area contributed by atoms with Crippen LogP contribution in [-0.2, 0) is 0 Å². The molecule has 2 heterocycles. The van der Waals surface area contributed by atoms with Gasteiger partial charge in [0.25, 0.3) is 5.91 Å². The van der Waals surface area contributed by atoms with Gasteiger partial charge in [0, 0.05) is 12.7 Å². The molecule has 21 heavy (non-hydrogen) atoms. The summed E-state index contributed by atoms with van der Waals surface area (Å²) in [5.74, 6) is 0.522. The van der Waals surface area contributed by atoms with Crippen molar-refractivity contribution < 1.29 is 9.90 Å². The monoisotopic (exact) mass is 288 g/mol. The van der Waals surface area contributed by atoms with Crippen molar-refractivity contribution in [1.82, 2.24) is 20.1 Å². The quantitative estimate of drug-likeness (QED) is 0.869. The Bertz CT molecular complexity index is 607. The summed E-state index contributed by atoms with van der Waals surface area (Å²) in [5.41, 5.74) is 1.20. The number of amides is 1. The van der Waals surface area contributed by atoms with Crippen LogP contribution in [0.15, 0.2) is 30.6 Å². The first-order valence-corrected chi connectivity index (χ1v) is 6.93. The lowest BCUT2D eigenvalue weighted by atomic mass is 10.1. The zero-order valence-electron chi connectivity index (χ0n) is 12.4. The first kappa shape index (κ1) is 15.2. The normalized spacial score (nSPS) is 12.4. The zero-order valence-corrected chi connectivity index (χ0v) is 12.4. The van der Waals surface area contributed by atoms with Crippen LogP contribution in [-0.4, -0.2) is 38.4 Å². The Balaban J connectivity index is 2.12. The molecule has 1 atom stereocenters. The number of nitrogens with zero attached hydrogens (tertiary/aromatic N) is 3. The Morgan fingerprint density at radius 2 is 2.19 bits per heavy atom. The third kappa shape index (κ3) is 3.46. The Labute approximate surface area is 123 Å². The van der Waals surface area contributed by atoms with E-state index in [1.807, 2.05) is 39.0 Å². The second-order valence-corrected chi connectivity index (χ2v) is 5.26. The second-order valence-electron chi connectivity index (χ2n) is 5.26. The molecule has 1 amide bonds. The van der Waals surface area contributed by atoms with Crippen molar-refractivity contribution in [3.63, 3.8) is 0 Å². The van der Waals surface area contributed by atoms with E-state index in [2.05, 4.69) is 15.4 Å². The SMILES string of the molecule is Cc1c(C(=O)NCC(O)C(C)C)cnn1-c1ccccn1. The van der Waals surface area contributed by atoms with E-state index in [1.54, 1.807) is 10.9 Å². The molecule has 0 saturated carbocycles. The number of aliphatic hydroxyl groups excluding tert-OH is 1. The minimum atomic E-state index is -0.555. The summed E-state index contributed by atoms with van der Waals surface area (Å²) in [5, 5.41) is 16.7. The number of pyridine rings is 1. The van der Waals surface area contributed by atoms with Gasteiger partial charge < -0.3 is 10.4 Å². The maximum atomic E-state index is 12.1. The number of carbonyl (C=O) groups is 1. The van der Waals surface area contributed by atoms with Crippen molar-refractivity contribution in [1.29, 1.82) is 0 Å². The Morgan fingerprint density at radius 3 is 2.81 bits per heavy atom. The lowest BCUT2D eigenvalue weighted by Gasteiger charge is -2.14. The molecule has 6 nitrogen and oxygen atoms in total. The van der Waals surface area contributed by atoms with Gasteiger partial charge >= 0.3 is 0 Å². The van der Waals surface area contributed by atoms with Gasteiger partial charge in [-0.3, -0.25) is 4.79 Å². The summed E-state index contributed by atoms with van der Waals surface area (Å²) in [6.45, 7) is 5.85. The van der Waals surface area contributed by atoms with E-state index in [1.165, 1.54) is 6.20 Å². The molecule has 0 radical (unpaired) electrons. The van der Waals surface area contributed by atoms with E-state index in [9.17, 15) is 9.90 Å². The van der Waals surface area contributed by atoms with Crippen LogP contribution < -0.4 is 5.32 Å². The lowest BCUT2D eigenvalue weighted by Crippen LogP contribution is -2.34. The molecule has 0 fully saturated rings. The maximum Gasteiger partial charge on any atom is 0.254 e. The Kier molecular flexibility index (Phi) is 4.70. The van der Waals surface area contributed by atoms with Crippen LogP contribution in [0, 0.1) is 12.8 Å². The fourth-order valence-electron chi connectivity index (χ4n) is 1.87. The van der Waals surface area contributed by atoms with Crippen LogP contribution in [0.1, 0.15) is 29.9 Å². The van der Waals surface area contributed by atoms with Gasteiger partial charge in [0.05, 0.1) is 23.6 Å². The molecule has 0 saturated heterocycles. The summed E-state index contributed by atoms with van der Waals surface area (Å²) in [7, 11) is 0. The summed E-state index contributed by atoms with van der Waals surface area (Å²) < 4.78 is 1.62. The van der Waals surface area contributed by atoms with Crippen LogP contribution in [0.3, 0.4) is 0 Å². The number of carbonyl (C=O) groups excluding carboxylic acids is 1. The highest BCUT2D eigenvalue weighted by Crippen LogP contribution is 2.12. The van der Waals surface area contributed by atoms with Crippen molar-refractivity contribution in [3.8, 4) is 5.82 Å². The smallest absolute Gasteiger partial charge is 0.254 e. The second kappa shape index (κ2) is 6.49. The van der Waals surface area contributed by atoms with Gasteiger partial charge in [-0.2, -0.15) is 5.10 Å². The molecule has 112 valence electrons. The van der Waals surface area contributed by atoms with Crippen molar-refractivity contribution in [2.45, 2.75) is 26.9 Å². The van der Waals surface area contributed by atoms with Gasteiger partial charge in [-0.15, -0.1) is 0 Å². The van der Waals surface area contributed by atoms with E-state index >= 15 is 0 Å². The molecule has 0 aromatic carbocycles. The lowest BCUT2D eigenvalue weighted by molar-refractivity contribution is 0.0871. The molecule has 2 aromatic rings. The topological polar surface area (TPSA) is 80.0 Å². The number of hydrogen-bond acceptors (Lipinski definition) is 4. The van der Waals surface area contributed by atoms with E-state index in [0.717, 1.165) is 0 Å². The number of rotatable bonds is 5. The molecule has 0 spiro atoms. The molecular formula is C15H20N4O2. The van der Waals surface area contributed by atoms with Gasteiger partial charge in [-0.1, -0.05) is 19.9 Å². The van der Waals surface area contributed by atoms with Crippen molar-refractivity contribution in [2.75, 3.05) is 6.54 Å². The molecule has 0 bridgehead atoms. The van der Waals surface area contributed by atoms with Crippen molar-refractivity contribution >= 4 is 5.91 Å². The molecule has 2 N–H and O–H groups in total. The summed E-state index contributed by atoms with van der Waals surface area (Å²) in [6.07, 6.45) is 2.64. The maximum absolute atomic E-state index is 12.1. The highest BCUT2D eigenvalue weighted by molar-refractivity contribution is 5.95. The van der Waals surface area contributed by atoms with E-state index in [0.29, 0.717) is 17.1 Å². The Hall–Kier alpha value is -2.21. The average molecular weight is 288 g/mol. The van der Waals surface area contributed by atoms with Gasteiger partial charge in [-0.05, 0) is 25.0 Å². The summed E-state index contributed by atoms with van der Waals surface area (Å²) >= 11 is 0. The predicted molar refractivity (Wildman–Crippen MR) is 79.3 cm³/mol. The third-order valence-electron chi connectivity index (χ3n) is 3.36. The molecule has 6 heteroatoms. The highest BCUT2D eigenvalue weighted by Gasteiger charge is 2.17. The van der Waals surface area contributed by atoms with Crippen molar-refractivity contribution in [2.24, 2.45) is 5.92 Å². The zero-order chi connectivity index (χ0) is 15.4. The van der Waals surface area contributed by atoms with Gasteiger partial charge in [0.15, 0.2) is 5.82 Å². The fourth-order valence-corrected chi connectivity index (χ4v) is 1.87. The van der Waals surface area contributed by atoms with Crippen LogP contribution in [0.4, 0.5) is 0 Å². The highest BCUT2D eigenvalue weighted by atomic mass is 16.3. The standard InChI is InChI=1S/C15H20N4O2/c1-10(2)13(20)9-17-15(21)12-8-18-19(11(12)3)14-6-4-5-7-16-14/h4-8,10,13,20H,9H2,1-3H3,(H,17,21). The number of aromatic nitrogens is 3. The minimum absolute atomic E-state index is 0.0997. The van der Waals surface area contributed by atoms with E-state index in [-0.39, 0.29) is 18.4 Å². The third-order valence-corrected chi connectivity index (χ3v) is 3.36. The minimum Gasteiger partial charge on any atom is -0.391 e. The first-order chi connectivity index (χ1) is 10.0. The van der Waals surface area contributed by atoms with Gasteiger partial charge in [0.1, 0.15) is 0 Å². The van der Waals surface area contributed by atoms with E-state index < -0.39 is 6.10 Å². The summed E-state index contributed by atoms with van der Waals surface area (Å²) in [6, 6.07) is 5.51. The Morgan fingerprint density at radius 1 is 1.43 bits per heavy atom. The first-order valence-electron chi connectivity index (χ1n) is 6.93. The number of hydrogen-bond donors (Lipinski definition) is 2. The summed E-state index contributed by atoms with van der Waals surface area (Å²) in [4.78, 5) is 16.3. The number of nitrogens with one attached hydrogen (secondary N) is 1. The molecule has 2 rings (SSSR count). The molecule has 0 aliphatic heterocycles. The predicted octanol–water partition coefficient (Wildman–Crippen LogP) is 1.32. The molecular weight excluding hydrogens is 268 g/mol. The van der Waals surface area contributed by atoms with Gasteiger partial charge in [-0.25, -0.2) is 9.67 Å². The molecule has 0 aliphatic rings. The van der Waals surface area contributed by atoms with Crippen LogP contribution in [0.2, 0.25) is 0 Å². The number of aliphatic hydroxyl groups is 1. The van der Waals surface area contributed by atoms with E-state index in [4.69, 9.17) is 0 Å². The van der Waals surface area contributed by atoms with Crippen LogP contribution >= 0.6 is 0 Å². The van der Waals surface area contributed by atoms with Crippen molar-refractivity contribution in [3.05, 3.63) is 41.9 Å². The largest absolute Gasteiger partial charge is 0.391 e. The molecule has 0 aliphatic carbocycles. The fraction of sp³-hybridized carbons (Fsp3) is 0.400. The van der Waals surface area contributed by atoms with Gasteiger partial charge in [0.2, 0.25) is 0 Å². The van der Waals surface area contributed by atoms with Crippen LogP contribution in [0.25, 0.3) is 5.82 Å². The molecule has 1 unspecified atom stereocenters. The van der Waals surface area contributed by atoms with Crippen LogP contribution in [0.5, 0.6) is 0 Å².